The van der Waals surface area contributed by atoms with Crippen molar-refractivity contribution in [3.05, 3.63) is 12.2 Å². The van der Waals surface area contributed by atoms with Crippen LogP contribution in [0, 0.1) is 11.3 Å². The van der Waals surface area contributed by atoms with Crippen molar-refractivity contribution < 1.29 is 0 Å². The molecule has 0 aliphatic rings. The van der Waals surface area contributed by atoms with Crippen molar-refractivity contribution in [2.75, 3.05) is 0 Å². The lowest BCUT2D eigenvalue weighted by molar-refractivity contribution is 0.609. The number of hydrogen-bond acceptors (Lipinski definition) is 1. The maximum atomic E-state index is 8.41. The van der Waals surface area contributed by atoms with E-state index in [1.165, 1.54) is 77.0 Å². The normalized spacial score (nSPS) is 10.9. The molecule has 0 atom stereocenters. The molecule has 0 saturated heterocycles. The maximum Gasteiger partial charge on any atom is 0.0621 e. The third-order valence-electron chi connectivity index (χ3n) is 3.55. The lowest BCUT2D eigenvalue weighted by Crippen LogP contribution is -1.79. The van der Waals surface area contributed by atoms with Crippen LogP contribution >= 0.6 is 0 Å². The SMILES string of the molecule is CCCCCCCC/C=C\CCCCCCCC#N. The number of nitrogens with zero attached hydrogens (tertiary/aromatic N) is 1. The molecule has 0 spiro atoms. The molecule has 0 fully saturated rings. The smallest absolute Gasteiger partial charge is 0.0621 e. The Labute approximate surface area is 121 Å². The monoisotopic (exact) mass is 263 g/mol. The lowest BCUT2D eigenvalue weighted by atomic mass is 10.1. The molecular formula is C18H33N. The molecule has 0 aliphatic heterocycles. The minimum atomic E-state index is 0.734. The predicted molar refractivity (Wildman–Crippen MR) is 85.1 cm³/mol. The minimum Gasteiger partial charge on any atom is -0.198 e. The van der Waals surface area contributed by atoms with Gasteiger partial charge in [-0.3, -0.25) is 0 Å². The van der Waals surface area contributed by atoms with Gasteiger partial charge in [0.25, 0.3) is 0 Å². The third kappa shape index (κ3) is 17.2. The van der Waals surface area contributed by atoms with Crippen molar-refractivity contribution in [1.29, 1.82) is 5.26 Å². The lowest BCUT2D eigenvalue weighted by Gasteiger charge is -1.98. The largest absolute Gasteiger partial charge is 0.198 e. The van der Waals surface area contributed by atoms with Gasteiger partial charge in [0.15, 0.2) is 0 Å². The molecule has 0 aliphatic carbocycles. The topological polar surface area (TPSA) is 23.8 Å². The van der Waals surface area contributed by atoms with Crippen LogP contribution in [-0.2, 0) is 0 Å². The van der Waals surface area contributed by atoms with Crippen LogP contribution in [-0.4, -0.2) is 0 Å². The van der Waals surface area contributed by atoms with Crippen LogP contribution < -0.4 is 0 Å². The molecule has 19 heavy (non-hydrogen) atoms. The first-order valence-corrected chi connectivity index (χ1v) is 8.43. The third-order valence-corrected chi connectivity index (χ3v) is 3.55. The van der Waals surface area contributed by atoms with Gasteiger partial charge in [-0.05, 0) is 32.1 Å². The zero-order valence-electron chi connectivity index (χ0n) is 13.0. The number of unbranched alkanes of at least 4 members (excludes halogenated alkanes) is 12. The van der Waals surface area contributed by atoms with Gasteiger partial charge in [-0.1, -0.05) is 70.4 Å². The van der Waals surface area contributed by atoms with Crippen LogP contribution in [0.2, 0.25) is 0 Å². The molecule has 0 saturated carbocycles. The zero-order chi connectivity index (χ0) is 14.0. The Hall–Kier alpha value is -0.770. The van der Waals surface area contributed by atoms with E-state index >= 15 is 0 Å². The summed E-state index contributed by atoms with van der Waals surface area (Å²) in [5.41, 5.74) is 0. The number of nitriles is 1. The van der Waals surface area contributed by atoms with Gasteiger partial charge in [0.2, 0.25) is 0 Å². The molecule has 0 heterocycles. The van der Waals surface area contributed by atoms with E-state index in [-0.39, 0.29) is 0 Å². The van der Waals surface area contributed by atoms with E-state index in [2.05, 4.69) is 25.1 Å². The Kier molecular flexibility index (Phi) is 16.5. The van der Waals surface area contributed by atoms with Crippen LogP contribution in [0.5, 0.6) is 0 Å². The van der Waals surface area contributed by atoms with Crippen molar-refractivity contribution in [3.63, 3.8) is 0 Å². The summed E-state index contributed by atoms with van der Waals surface area (Å²) in [6.45, 7) is 2.27. The van der Waals surface area contributed by atoms with Gasteiger partial charge in [-0.15, -0.1) is 0 Å². The molecule has 0 rings (SSSR count). The van der Waals surface area contributed by atoms with Crippen molar-refractivity contribution in [2.45, 2.75) is 96.8 Å². The summed E-state index contributed by atoms with van der Waals surface area (Å²) in [5, 5.41) is 8.41. The van der Waals surface area contributed by atoms with Gasteiger partial charge in [-0.2, -0.15) is 5.26 Å². The molecule has 110 valence electrons. The maximum absolute atomic E-state index is 8.41. The number of hydrogen-bond donors (Lipinski definition) is 0. The second-order valence-electron chi connectivity index (χ2n) is 5.49. The predicted octanol–water partition coefficient (Wildman–Crippen LogP) is 6.55. The van der Waals surface area contributed by atoms with Crippen LogP contribution in [0.25, 0.3) is 0 Å². The van der Waals surface area contributed by atoms with Crippen LogP contribution in [0.3, 0.4) is 0 Å². The van der Waals surface area contributed by atoms with Gasteiger partial charge in [0, 0.05) is 6.42 Å². The summed E-state index contributed by atoms with van der Waals surface area (Å²) in [5.74, 6) is 0. The van der Waals surface area contributed by atoms with Crippen molar-refractivity contribution in [1.82, 2.24) is 0 Å². The second-order valence-corrected chi connectivity index (χ2v) is 5.49. The molecule has 0 bridgehead atoms. The first-order chi connectivity index (χ1) is 9.41. The molecule has 0 aromatic rings. The fourth-order valence-electron chi connectivity index (χ4n) is 2.27. The fourth-order valence-corrected chi connectivity index (χ4v) is 2.27. The highest BCUT2D eigenvalue weighted by Gasteiger charge is 1.90. The Bertz CT molecular complexity index is 224. The molecule has 0 aromatic heterocycles. The van der Waals surface area contributed by atoms with E-state index < -0.39 is 0 Å². The molecule has 1 heteroatoms. The molecule has 0 aromatic carbocycles. The van der Waals surface area contributed by atoms with E-state index in [0.29, 0.717) is 0 Å². The van der Waals surface area contributed by atoms with Gasteiger partial charge in [0.05, 0.1) is 6.07 Å². The van der Waals surface area contributed by atoms with Crippen LogP contribution in [0.1, 0.15) is 96.8 Å². The number of rotatable bonds is 14. The van der Waals surface area contributed by atoms with E-state index in [1.54, 1.807) is 0 Å². The van der Waals surface area contributed by atoms with Crippen molar-refractivity contribution in [3.8, 4) is 6.07 Å². The summed E-state index contributed by atoms with van der Waals surface area (Å²) in [4.78, 5) is 0. The van der Waals surface area contributed by atoms with Crippen molar-refractivity contribution in [2.24, 2.45) is 0 Å². The average Bonchev–Trinajstić information content (AvgIpc) is 2.43. The first-order valence-electron chi connectivity index (χ1n) is 8.43. The Balaban J connectivity index is 3.03. The highest BCUT2D eigenvalue weighted by Crippen LogP contribution is 2.09. The molecule has 1 nitrogen and oxygen atoms in total. The second kappa shape index (κ2) is 17.2. The Morgan fingerprint density at radius 3 is 1.68 bits per heavy atom. The number of allylic oxidation sites excluding steroid dienone is 2. The highest BCUT2D eigenvalue weighted by atomic mass is 14.2. The molecule has 0 unspecified atom stereocenters. The van der Waals surface area contributed by atoms with Crippen LogP contribution in [0.4, 0.5) is 0 Å². The fraction of sp³-hybridized carbons (Fsp3) is 0.833. The van der Waals surface area contributed by atoms with Gasteiger partial charge >= 0.3 is 0 Å². The standard InChI is InChI=1S/C18H33N/c1-2-3-4-5-6-7-8-9-10-11-12-13-14-15-16-17-18-19/h9-10H,2-8,11-17H2,1H3/b10-9-. The van der Waals surface area contributed by atoms with Crippen LogP contribution in [0.15, 0.2) is 12.2 Å². The van der Waals surface area contributed by atoms with E-state index in [0.717, 1.165) is 12.8 Å². The summed E-state index contributed by atoms with van der Waals surface area (Å²) < 4.78 is 0. The van der Waals surface area contributed by atoms with Crippen molar-refractivity contribution >= 4 is 0 Å². The quantitative estimate of drug-likeness (QED) is 0.257. The average molecular weight is 263 g/mol. The molecule has 0 N–H and O–H groups in total. The molecule has 0 radical (unpaired) electrons. The minimum absolute atomic E-state index is 0.734. The zero-order valence-corrected chi connectivity index (χ0v) is 13.0. The Morgan fingerprint density at radius 1 is 0.684 bits per heavy atom. The Morgan fingerprint density at radius 2 is 1.16 bits per heavy atom. The van der Waals surface area contributed by atoms with E-state index in [4.69, 9.17) is 5.26 Å². The summed E-state index contributed by atoms with van der Waals surface area (Å²) >= 11 is 0. The van der Waals surface area contributed by atoms with E-state index in [9.17, 15) is 0 Å². The molecular weight excluding hydrogens is 230 g/mol. The summed E-state index contributed by atoms with van der Waals surface area (Å²) in [7, 11) is 0. The first kappa shape index (κ1) is 18.2. The summed E-state index contributed by atoms with van der Waals surface area (Å²) in [6.07, 6.45) is 22.6. The van der Waals surface area contributed by atoms with Gasteiger partial charge in [-0.25, -0.2) is 0 Å². The van der Waals surface area contributed by atoms with E-state index in [1.807, 2.05) is 0 Å². The molecule has 0 amide bonds. The highest BCUT2D eigenvalue weighted by molar-refractivity contribution is 4.81. The summed E-state index contributed by atoms with van der Waals surface area (Å²) in [6, 6.07) is 2.20. The van der Waals surface area contributed by atoms with Gasteiger partial charge < -0.3 is 0 Å². The van der Waals surface area contributed by atoms with Gasteiger partial charge in [0.1, 0.15) is 0 Å².